The number of rotatable bonds is 5. The van der Waals surface area contributed by atoms with Crippen molar-refractivity contribution in [1.82, 2.24) is 19.7 Å². The molecule has 8 heteroatoms. The van der Waals surface area contributed by atoms with Crippen molar-refractivity contribution in [2.24, 2.45) is 5.41 Å². The van der Waals surface area contributed by atoms with Gasteiger partial charge in [-0.1, -0.05) is 13.3 Å². The molecule has 1 saturated heterocycles. The molecule has 2 aliphatic rings. The van der Waals surface area contributed by atoms with E-state index in [-0.39, 0.29) is 11.6 Å². The summed E-state index contributed by atoms with van der Waals surface area (Å²) in [5.74, 6) is -0.356. The summed E-state index contributed by atoms with van der Waals surface area (Å²) in [5, 5.41) is 14.8. The monoisotopic (exact) mass is 412 g/mol. The van der Waals surface area contributed by atoms with Gasteiger partial charge in [0.15, 0.2) is 29.3 Å². The van der Waals surface area contributed by atoms with Gasteiger partial charge in [-0.2, -0.15) is 10.1 Å². The van der Waals surface area contributed by atoms with Gasteiger partial charge >= 0.3 is 0 Å². The first-order valence-electron chi connectivity index (χ1n) is 10.5. The second-order valence-electron chi connectivity index (χ2n) is 8.62. The van der Waals surface area contributed by atoms with Crippen LogP contribution in [0.25, 0.3) is 22.4 Å². The van der Waals surface area contributed by atoms with Crippen LogP contribution in [0.15, 0.2) is 24.4 Å². The van der Waals surface area contributed by atoms with Crippen molar-refractivity contribution in [3.05, 3.63) is 30.2 Å². The summed E-state index contributed by atoms with van der Waals surface area (Å²) >= 11 is 0. The smallest absolute Gasteiger partial charge is 0.228 e. The van der Waals surface area contributed by atoms with Crippen molar-refractivity contribution in [1.29, 1.82) is 0 Å². The van der Waals surface area contributed by atoms with E-state index in [1.54, 1.807) is 16.9 Å². The lowest BCUT2D eigenvalue weighted by Gasteiger charge is -2.37. The van der Waals surface area contributed by atoms with E-state index in [0.717, 1.165) is 37.5 Å². The topological polar surface area (TPSA) is 82.3 Å². The predicted molar refractivity (Wildman–Crippen MR) is 109 cm³/mol. The lowest BCUT2D eigenvalue weighted by atomic mass is 9.71. The second-order valence-corrected chi connectivity index (χ2v) is 8.62. The Balaban J connectivity index is 1.58. The summed E-state index contributed by atoms with van der Waals surface area (Å²) in [6.45, 7) is 3.47. The predicted octanol–water partition coefficient (Wildman–Crippen LogP) is 4.61. The van der Waals surface area contributed by atoms with E-state index in [9.17, 15) is 9.50 Å². The van der Waals surface area contributed by atoms with E-state index in [1.807, 2.05) is 0 Å². The molecule has 1 aromatic carbocycles. The summed E-state index contributed by atoms with van der Waals surface area (Å²) in [6.07, 6.45) is 7.97. The van der Waals surface area contributed by atoms with Crippen molar-refractivity contribution in [3.63, 3.8) is 0 Å². The van der Waals surface area contributed by atoms with Crippen LogP contribution in [0, 0.1) is 11.2 Å². The van der Waals surface area contributed by atoms with E-state index in [4.69, 9.17) is 9.47 Å². The molecule has 2 aromatic heterocycles. The van der Waals surface area contributed by atoms with Crippen LogP contribution in [0.3, 0.4) is 0 Å². The van der Waals surface area contributed by atoms with Gasteiger partial charge in [0.2, 0.25) is 5.88 Å². The number of phenolic OH excluding ortho intramolecular Hbond substituents is 1. The van der Waals surface area contributed by atoms with Gasteiger partial charge in [0.1, 0.15) is 5.39 Å². The van der Waals surface area contributed by atoms with Crippen LogP contribution in [-0.2, 0) is 4.74 Å². The van der Waals surface area contributed by atoms with Gasteiger partial charge in [0.25, 0.3) is 0 Å². The van der Waals surface area contributed by atoms with Crippen LogP contribution in [0.4, 0.5) is 4.39 Å². The van der Waals surface area contributed by atoms with Gasteiger partial charge in [-0.3, -0.25) is 0 Å². The van der Waals surface area contributed by atoms with Crippen LogP contribution >= 0.6 is 0 Å². The van der Waals surface area contributed by atoms with E-state index < -0.39 is 11.6 Å². The third kappa shape index (κ3) is 3.49. The molecule has 0 radical (unpaired) electrons. The first-order valence-corrected chi connectivity index (χ1v) is 10.5. The van der Waals surface area contributed by atoms with Crippen LogP contribution < -0.4 is 4.74 Å². The number of hydrogen-bond acceptors (Lipinski definition) is 6. The number of halogens is 1. The van der Waals surface area contributed by atoms with Crippen LogP contribution in [0.1, 0.15) is 51.7 Å². The Hall–Kier alpha value is -2.74. The third-order valence-corrected chi connectivity index (χ3v) is 6.17. The van der Waals surface area contributed by atoms with E-state index in [2.05, 4.69) is 22.0 Å². The van der Waals surface area contributed by atoms with E-state index in [1.165, 1.54) is 18.6 Å². The number of aromatic hydroxyl groups is 1. The maximum Gasteiger partial charge on any atom is 0.228 e. The molecule has 0 spiro atoms. The summed E-state index contributed by atoms with van der Waals surface area (Å²) in [5.41, 5.74) is 1.23. The number of aromatic nitrogens is 4. The fraction of sp³-hybridized carbons (Fsp3) is 0.500. The Morgan fingerprint density at radius 1 is 1.27 bits per heavy atom. The van der Waals surface area contributed by atoms with Crippen molar-refractivity contribution in [2.75, 3.05) is 13.2 Å². The van der Waals surface area contributed by atoms with Crippen LogP contribution in [-0.4, -0.2) is 38.1 Å². The molecule has 1 aliphatic carbocycles. The number of benzene rings is 1. The van der Waals surface area contributed by atoms with Crippen molar-refractivity contribution < 1.29 is 19.0 Å². The van der Waals surface area contributed by atoms with Gasteiger partial charge < -0.3 is 14.6 Å². The largest absolute Gasteiger partial charge is 0.505 e. The Bertz CT molecular complexity index is 1070. The minimum Gasteiger partial charge on any atom is -0.505 e. The maximum absolute atomic E-state index is 14.0. The standard InChI is InChI=1S/C22H25FN4O3/c1-22(8-4-9-22)13-30-21-15-12-24-27(18-5-2-3-10-29-18)20(15)25-19(26-21)14-6-7-17(28)16(23)11-14/h6-7,11-12,18,28H,2-5,8-10,13H2,1H3. The minimum absolute atomic E-state index is 0.157. The third-order valence-electron chi connectivity index (χ3n) is 6.17. The lowest BCUT2D eigenvalue weighted by Crippen LogP contribution is -2.32. The van der Waals surface area contributed by atoms with Gasteiger partial charge in [-0.25, -0.2) is 14.1 Å². The molecule has 0 bridgehead atoms. The molecule has 2 fully saturated rings. The highest BCUT2D eigenvalue weighted by molar-refractivity contribution is 5.82. The SMILES string of the molecule is CC1(COc2nc(-c3ccc(O)c(F)c3)nc3c2cnn3C2CCCCO2)CCC1. The zero-order valence-electron chi connectivity index (χ0n) is 17.0. The number of hydrogen-bond donors (Lipinski definition) is 1. The number of fused-ring (bicyclic) bond motifs is 1. The van der Waals surface area contributed by atoms with E-state index in [0.29, 0.717) is 36.1 Å². The Morgan fingerprint density at radius 2 is 2.13 bits per heavy atom. The van der Waals surface area contributed by atoms with Gasteiger partial charge in [0.05, 0.1) is 12.8 Å². The first kappa shape index (κ1) is 19.2. The molecule has 158 valence electrons. The molecule has 1 N–H and O–H groups in total. The van der Waals surface area contributed by atoms with Crippen molar-refractivity contribution >= 4 is 11.0 Å². The van der Waals surface area contributed by atoms with Crippen molar-refractivity contribution in [2.45, 2.75) is 51.7 Å². The Morgan fingerprint density at radius 3 is 2.83 bits per heavy atom. The highest BCUT2D eigenvalue weighted by Crippen LogP contribution is 2.41. The number of ether oxygens (including phenoxy) is 2. The van der Waals surface area contributed by atoms with Crippen LogP contribution in [0.2, 0.25) is 0 Å². The molecule has 0 amide bonds. The molecule has 1 atom stereocenters. The average molecular weight is 412 g/mol. The van der Waals surface area contributed by atoms with Gasteiger partial charge in [-0.15, -0.1) is 0 Å². The first-order chi connectivity index (χ1) is 14.5. The summed E-state index contributed by atoms with van der Waals surface area (Å²) in [4.78, 5) is 9.26. The highest BCUT2D eigenvalue weighted by Gasteiger charge is 2.33. The molecule has 1 aliphatic heterocycles. The number of phenols is 1. The molecule has 1 saturated carbocycles. The maximum atomic E-state index is 14.0. The normalized spacial score (nSPS) is 20.8. The zero-order chi connectivity index (χ0) is 20.7. The molecular weight excluding hydrogens is 387 g/mol. The Labute approximate surface area is 173 Å². The fourth-order valence-corrected chi connectivity index (χ4v) is 4.08. The number of nitrogens with zero attached hydrogens (tertiary/aromatic N) is 4. The lowest BCUT2D eigenvalue weighted by molar-refractivity contribution is -0.0370. The molecule has 30 heavy (non-hydrogen) atoms. The summed E-state index contributed by atoms with van der Waals surface area (Å²) in [6, 6.07) is 4.12. The van der Waals surface area contributed by atoms with Gasteiger partial charge in [0, 0.05) is 17.6 Å². The second kappa shape index (κ2) is 7.50. The Kier molecular flexibility index (Phi) is 4.81. The molecule has 1 unspecified atom stereocenters. The highest BCUT2D eigenvalue weighted by atomic mass is 19.1. The van der Waals surface area contributed by atoms with Gasteiger partial charge in [-0.05, 0) is 50.3 Å². The molecule has 7 nitrogen and oxygen atoms in total. The average Bonchev–Trinajstić information content (AvgIpc) is 3.17. The quantitative estimate of drug-likeness (QED) is 0.659. The molecular formula is C22H25FN4O3. The molecule has 3 heterocycles. The minimum atomic E-state index is -0.718. The summed E-state index contributed by atoms with van der Waals surface area (Å²) < 4.78 is 27.8. The summed E-state index contributed by atoms with van der Waals surface area (Å²) in [7, 11) is 0. The fourth-order valence-electron chi connectivity index (χ4n) is 4.08. The molecule has 5 rings (SSSR count). The van der Waals surface area contributed by atoms with E-state index >= 15 is 0 Å². The van der Waals surface area contributed by atoms with Crippen molar-refractivity contribution in [3.8, 4) is 23.0 Å². The zero-order valence-corrected chi connectivity index (χ0v) is 17.0. The van der Waals surface area contributed by atoms with Crippen LogP contribution in [0.5, 0.6) is 11.6 Å². The molecule has 3 aromatic rings.